The van der Waals surface area contributed by atoms with Crippen LogP contribution in [0.5, 0.6) is 0 Å². The van der Waals surface area contributed by atoms with Crippen LogP contribution in [0, 0.1) is 25.7 Å². The van der Waals surface area contributed by atoms with Crippen LogP contribution >= 0.6 is 0 Å². The molecule has 1 aromatic heterocycles. The number of ether oxygens (including phenoxy) is 1. The zero-order valence-electron chi connectivity index (χ0n) is 33.1. The molecule has 57 heavy (non-hydrogen) atoms. The summed E-state index contributed by atoms with van der Waals surface area (Å²) in [5, 5.41) is 17.1. The van der Waals surface area contributed by atoms with Gasteiger partial charge in [-0.05, 0) is 124 Å². The maximum Gasteiger partial charge on any atom is 0.407 e. The molecule has 5 N–H and O–H groups in total. The molecule has 12 nitrogen and oxygen atoms in total. The molecule has 1 aliphatic rings. The van der Waals surface area contributed by atoms with Gasteiger partial charge in [-0.15, -0.1) is 0 Å². The summed E-state index contributed by atoms with van der Waals surface area (Å²) in [4.78, 5) is 40.2. The normalized spacial score (nSPS) is 16.4. The van der Waals surface area contributed by atoms with E-state index >= 15 is 0 Å². The molecule has 1 aliphatic carbocycles. The third-order valence-corrected chi connectivity index (χ3v) is 11.7. The summed E-state index contributed by atoms with van der Waals surface area (Å²) in [5.41, 5.74) is 5.66. The molecule has 4 aromatic carbocycles. The number of sulfonamides is 1. The molecule has 1 atom stereocenters. The lowest BCUT2D eigenvalue weighted by Gasteiger charge is -2.29. The van der Waals surface area contributed by atoms with Crippen molar-refractivity contribution >= 4 is 44.5 Å². The minimum absolute atomic E-state index is 0.147. The van der Waals surface area contributed by atoms with E-state index in [1.807, 2.05) is 101 Å². The summed E-state index contributed by atoms with van der Waals surface area (Å²) in [6.07, 6.45) is 2.51. The van der Waals surface area contributed by atoms with E-state index < -0.39 is 27.8 Å². The summed E-state index contributed by atoms with van der Waals surface area (Å²) in [7, 11) is -3.81. The smallest absolute Gasteiger partial charge is 0.407 e. The molecule has 13 heteroatoms. The van der Waals surface area contributed by atoms with Crippen LogP contribution in [0.1, 0.15) is 68.8 Å². The van der Waals surface area contributed by atoms with Crippen LogP contribution in [0.3, 0.4) is 0 Å². The number of H-pyrrole nitrogens is 1. The Hall–Kier alpha value is -5.53. The van der Waals surface area contributed by atoms with Crippen LogP contribution in [0.4, 0.5) is 10.5 Å². The lowest BCUT2D eigenvalue weighted by molar-refractivity contribution is -0.130. The number of amides is 3. The van der Waals surface area contributed by atoms with Crippen molar-refractivity contribution in [1.82, 2.24) is 25.6 Å². The van der Waals surface area contributed by atoms with Crippen molar-refractivity contribution in [2.24, 2.45) is 11.8 Å². The summed E-state index contributed by atoms with van der Waals surface area (Å²) >= 11 is 0. The number of aryl methyl sites for hydroxylation is 2. The number of carbonyl (C=O) groups is 3. The number of benzene rings is 4. The Morgan fingerprint density at radius 3 is 2.35 bits per heavy atom. The number of alkyl carbamates (subject to hydrolysis) is 1. The lowest BCUT2D eigenvalue weighted by Crippen LogP contribution is -2.48. The van der Waals surface area contributed by atoms with Crippen molar-refractivity contribution < 1.29 is 27.5 Å². The molecule has 0 spiro atoms. The quantitative estimate of drug-likeness (QED) is 0.0832. The first-order chi connectivity index (χ1) is 27.1. The molecule has 0 saturated heterocycles. The zero-order chi connectivity index (χ0) is 40.7. The van der Waals surface area contributed by atoms with E-state index in [9.17, 15) is 22.8 Å². The Labute approximate surface area is 334 Å². The lowest BCUT2D eigenvalue weighted by atomic mass is 9.81. The minimum atomic E-state index is -3.81. The molecular formula is C44H52N6O6S. The zero-order valence-corrected chi connectivity index (χ0v) is 34.0. The van der Waals surface area contributed by atoms with E-state index in [2.05, 4.69) is 30.9 Å². The second-order valence-corrected chi connectivity index (χ2v) is 17.7. The van der Waals surface area contributed by atoms with Crippen LogP contribution < -0.4 is 20.7 Å². The van der Waals surface area contributed by atoms with E-state index in [1.54, 1.807) is 24.3 Å². The van der Waals surface area contributed by atoms with Gasteiger partial charge >= 0.3 is 6.09 Å². The molecule has 300 valence electrons. The highest BCUT2D eigenvalue weighted by molar-refractivity contribution is 7.89. The van der Waals surface area contributed by atoms with E-state index in [0.29, 0.717) is 30.6 Å². The maximum absolute atomic E-state index is 14.0. The average molecular weight is 793 g/mol. The van der Waals surface area contributed by atoms with Gasteiger partial charge in [0.25, 0.3) is 0 Å². The molecule has 1 unspecified atom stereocenters. The standard InChI is InChI=1S/C44H52N6O6S/c1-28-14-20-36(57(54,55)46-27-30-10-7-6-8-11-30)25-38(28)34-13-9-12-32(22-34)23-40(42(52)47-35-19-21-37-29(2)49-50-39(37)24-35)48-41(51)33-17-15-31(16-18-33)26-45-43(53)56-44(3,4)5/h6-14,19-22,24-25,31,33,40,46H,15-18,23,26-27H2,1-5H3,(H,45,53)(H,47,52)(H,48,51)(H,49,50). The number of nitrogens with one attached hydrogen (secondary N) is 5. The van der Waals surface area contributed by atoms with Gasteiger partial charge in [-0.2, -0.15) is 5.10 Å². The Morgan fingerprint density at radius 2 is 1.61 bits per heavy atom. The van der Waals surface area contributed by atoms with Crippen LogP contribution in [0.2, 0.25) is 0 Å². The summed E-state index contributed by atoms with van der Waals surface area (Å²) in [6.45, 7) is 9.95. The Kier molecular flexibility index (Phi) is 12.8. The van der Waals surface area contributed by atoms with Gasteiger partial charge in [0, 0.05) is 42.2 Å². The fourth-order valence-electron chi connectivity index (χ4n) is 7.16. The Morgan fingerprint density at radius 1 is 0.877 bits per heavy atom. The SMILES string of the molecule is Cc1ccc(S(=O)(=O)NCc2ccccc2)cc1-c1cccc(CC(NC(=O)C2CCC(CNC(=O)OC(C)(C)C)CC2)C(=O)Nc2ccc3c(C)[nH]nc3c2)c1. The van der Waals surface area contributed by atoms with Crippen LogP contribution in [0.25, 0.3) is 22.0 Å². The van der Waals surface area contributed by atoms with E-state index in [0.717, 1.165) is 51.7 Å². The first kappa shape index (κ1) is 41.1. The third-order valence-electron chi connectivity index (χ3n) is 10.3. The highest BCUT2D eigenvalue weighted by atomic mass is 32.2. The number of carbonyl (C=O) groups excluding carboxylic acids is 3. The van der Waals surface area contributed by atoms with Crippen molar-refractivity contribution in [3.05, 3.63) is 113 Å². The molecule has 0 bridgehead atoms. The first-order valence-electron chi connectivity index (χ1n) is 19.4. The van der Waals surface area contributed by atoms with Gasteiger partial charge < -0.3 is 20.7 Å². The highest BCUT2D eigenvalue weighted by Gasteiger charge is 2.30. The van der Waals surface area contributed by atoms with Crippen molar-refractivity contribution in [3.8, 4) is 11.1 Å². The topological polar surface area (TPSA) is 171 Å². The number of anilines is 1. The number of rotatable bonds is 13. The molecule has 6 rings (SSSR count). The number of aromatic amines is 1. The summed E-state index contributed by atoms with van der Waals surface area (Å²) in [5.74, 6) is -0.624. The van der Waals surface area contributed by atoms with Crippen molar-refractivity contribution in [2.75, 3.05) is 11.9 Å². The maximum atomic E-state index is 14.0. The second-order valence-electron chi connectivity index (χ2n) is 15.9. The fraction of sp³-hybridized carbons (Fsp3) is 0.364. The number of aromatic nitrogens is 2. The predicted molar refractivity (Wildman–Crippen MR) is 222 cm³/mol. The van der Waals surface area contributed by atoms with Gasteiger partial charge in [0.1, 0.15) is 11.6 Å². The fourth-order valence-corrected chi connectivity index (χ4v) is 8.20. The number of fused-ring (bicyclic) bond motifs is 1. The number of nitrogens with zero attached hydrogens (tertiary/aromatic N) is 1. The van der Waals surface area contributed by atoms with Gasteiger partial charge in [-0.3, -0.25) is 14.7 Å². The molecule has 0 aliphatic heterocycles. The van der Waals surface area contributed by atoms with E-state index in [1.165, 1.54) is 0 Å². The van der Waals surface area contributed by atoms with Gasteiger partial charge in [-0.1, -0.05) is 60.7 Å². The summed E-state index contributed by atoms with van der Waals surface area (Å²) < 4.78 is 34.7. The molecule has 1 fully saturated rings. The van der Waals surface area contributed by atoms with Crippen LogP contribution in [-0.2, 0) is 37.3 Å². The van der Waals surface area contributed by atoms with Crippen LogP contribution in [-0.4, -0.2) is 54.7 Å². The molecule has 0 radical (unpaired) electrons. The first-order valence-corrected chi connectivity index (χ1v) is 20.9. The largest absolute Gasteiger partial charge is 0.444 e. The summed E-state index contributed by atoms with van der Waals surface area (Å²) in [6, 6.07) is 26.6. The van der Waals surface area contributed by atoms with Gasteiger partial charge in [0.15, 0.2) is 0 Å². The molecule has 1 heterocycles. The second kappa shape index (κ2) is 17.7. The van der Waals surface area contributed by atoms with Gasteiger partial charge in [0.05, 0.1) is 10.4 Å². The predicted octanol–water partition coefficient (Wildman–Crippen LogP) is 7.32. The number of hydrogen-bond acceptors (Lipinski definition) is 7. The Balaban J connectivity index is 1.17. The third kappa shape index (κ3) is 11.1. The van der Waals surface area contributed by atoms with Crippen molar-refractivity contribution in [3.63, 3.8) is 0 Å². The minimum Gasteiger partial charge on any atom is -0.444 e. The van der Waals surface area contributed by atoms with Crippen molar-refractivity contribution in [1.29, 1.82) is 0 Å². The van der Waals surface area contributed by atoms with Crippen LogP contribution in [0.15, 0.2) is 95.9 Å². The monoisotopic (exact) mass is 792 g/mol. The molecular weight excluding hydrogens is 741 g/mol. The molecule has 3 amide bonds. The highest BCUT2D eigenvalue weighted by Crippen LogP contribution is 2.30. The van der Waals surface area contributed by atoms with Crippen molar-refractivity contribution in [2.45, 2.75) is 89.8 Å². The van der Waals surface area contributed by atoms with E-state index in [-0.39, 0.29) is 41.5 Å². The van der Waals surface area contributed by atoms with Gasteiger partial charge in [0.2, 0.25) is 21.8 Å². The van der Waals surface area contributed by atoms with Gasteiger partial charge in [-0.25, -0.2) is 17.9 Å². The Bertz CT molecular complexity index is 2330. The molecule has 1 saturated carbocycles. The number of hydrogen-bond donors (Lipinski definition) is 5. The molecule has 5 aromatic rings. The van der Waals surface area contributed by atoms with E-state index in [4.69, 9.17) is 4.74 Å². The average Bonchev–Trinajstić information content (AvgIpc) is 3.55.